The van der Waals surface area contributed by atoms with E-state index in [1.54, 1.807) is 68.5 Å². The molecule has 1 aliphatic carbocycles. The zero-order valence-corrected chi connectivity index (χ0v) is 45.2. The van der Waals surface area contributed by atoms with Crippen molar-refractivity contribution in [3.63, 3.8) is 0 Å². The number of amides is 4. The van der Waals surface area contributed by atoms with E-state index in [9.17, 15) is 34.2 Å². The predicted octanol–water partition coefficient (Wildman–Crippen LogP) is 6.78. The molecule has 4 aromatic heterocycles. The molecule has 0 saturated carbocycles. The van der Waals surface area contributed by atoms with E-state index in [4.69, 9.17) is 4.98 Å². The molecule has 0 spiro atoms. The fourth-order valence-electron chi connectivity index (χ4n) is 12.4. The van der Waals surface area contributed by atoms with Crippen molar-refractivity contribution in [2.45, 2.75) is 104 Å². The van der Waals surface area contributed by atoms with Crippen LogP contribution >= 0.6 is 0 Å². The second kappa shape index (κ2) is 19.8. The molecule has 78 heavy (non-hydrogen) atoms. The molecule has 1 unspecified atom stereocenters. The molecule has 0 bridgehead atoms. The number of piperazine rings is 1. The molecule has 3 atom stereocenters. The molecule has 19 nitrogen and oxygen atoms in total. The number of carbonyl (C=O) groups is 4. The van der Waals surface area contributed by atoms with Gasteiger partial charge in [0.15, 0.2) is 5.82 Å². The van der Waals surface area contributed by atoms with Crippen LogP contribution in [-0.4, -0.2) is 114 Å². The van der Waals surface area contributed by atoms with Gasteiger partial charge >= 0.3 is 0 Å². The third-order valence-electron chi connectivity index (χ3n) is 16.3. The number of aromatic nitrogens is 5. The van der Waals surface area contributed by atoms with E-state index in [1.807, 2.05) is 30.3 Å². The van der Waals surface area contributed by atoms with Crippen LogP contribution in [-0.2, 0) is 43.4 Å². The summed E-state index contributed by atoms with van der Waals surface area (Å²) in [6, 6.07) is 18.5. The number of hydrogen-bond acceptors (Lipinski definition) is 14. The number of benzene rings is 2. The lowest BCUT2D eigenvalue weighted by Crippen LogP contribution is -2.58. The normalized spacial score (nSPS) is 20.2. The molecule has 0 radical (unpaired) electrons. The van der Waals surface area contributed by atoms with E-state index in [-0.39, 0.29) is 35.1 Å². The van der Waals surface area contributed by atoms with Gasteiger partial charge in [-0.2, -0.15) is 0 Å². The van der Waals surface area contributed by atoms with Crippen LogP contribution in [0, 0.1) is 5.41 Å². The summed E-state index contributed by atoms with van der Waals surface area (Å²) in [7, 11) is 1.63. The van der Waals surface area contributed by atoms with Gasteiger partial charge in [-0.05, 0) is 131 Å². The molecule has 2 saturated heterocycles. The largest absolute Gasteiger partial charge is 0.392 e. The summed E-state index contributed by atoms with van der Waals surface area (Å²) in [5.41, 5.74) is 7.03. The molecule has 2 fully saturated rings. The maximum Gasteiger partial charge on any atom is 0.293 e. The van der Waals surface area contributed by atoms with Crippen LogP contribution in [0.4, 0.5) is 40.1 Å². The minimum absolute atomic E-state index is 0.0206. The minimum Gasteiger partial charge on any atom is -0.392 e. The van der Waals surface area contributed by atoms with Gasteiger partial charge in [0, 0.05) is 111 Å². The number of rotatable bonds is 12. The van der Waals surface area contributed by atoms with E-state index >= 15 is 0 Å². The molecule has 11 rings (SSSR count). The van der Waals surface area contributed by atoms with Gasteiger partial charge in [-0.1, -0.05) is 20.4 Å². The minimum atomic E-state index is -1.25. The van der Waals surface area contributed by atoms with Crippen LogP contribution in [0.15, 0.2) is 96.7 Å². The number of hydrogen-bond donors (Lipinski definition) is 4. The Kier molecular flexibility index (Phi) is 13.2. The Morgan fingerprint density at radius 1 is 0.846 bits per heavy atom. The van der Waals surface area contributed by atoms with Crippen LogP contribution < -0.4 is 35.8 Å². The van der Waals surface area contributed by atoms with Crippen molar-refractivity contribution >= 4 is 63.7 Å². The second-order valence-electron chi connectivity index (χ2n) is 22.8. The Labute approximate surface area is 452 Å². The number of imide groups is 1. The van der Waals surface area contributed by atoms with Gasteiger partial charge in [-0.3, -0.25) is 38.8 Å². The number of anilines is 7. The van der Waals surface area contributed by atoms with Gasteiger partial charge in [0.05, 0.1) is 46.2 Å². The third kappa shape index (κ3) is 9.32. The van der Waals surface area contributed by atoms with Crippen molar-refractivity contribution in [1.82, 2.24) is 29.0 Å². The third-order valence-corrected chi connectivity index (χ3v) is 16.3. The molecule has 4 amide bonds. The zero-order valence-electron chi connectivity index (χ0n) is 45.2. The summed E-state index contributed by atoms with van der Waals surface area (Å²) < 4.78 is 3.55. The number of piperidine rings is 1. The van der Waals surface area contributed by atoms with Gasteiger partial charge in [0.2, 0.25) is 5.91 Å². The van der Waals surface area contributed by atoms with Crippen LogP contribution in [0.3, 0.4) is 0 Å². The van der Waals surface area contributed by atoms with E-state index in [0.29, 0.717) is 87.9 Å². The summed E-state index contributed by atoms with van der Waals surface area (Å²) in [4.78, 5) is 91.8. The topological polar surface area (TPSA) is 215 Å². The monoisotopic (exact) mass is 1050 g/mol. The van der Waals surface area contributed by atoms with Crippen molar-refractivity contribution in [2.75, 3.05) is 63.0 Å². The van der Waals surface area contributed by atoms with Gasteiger partial charge in [-0.25, -0.2) is 14.9 Å². The number of fused-ring (bicyclic) bond motifs is 4. The smallest absolute Gasteiger partial charge is 0.293 e. The Bertz CT molecular complexity index is 3520. The first-order valence-electron chi connectivity index (χ1n) is 26.8. The highest BCUT2D eigenvalue weighted by molar-refractivity contribution is 6.34. The number of nitrogens with zero attached hydrogens (tertiary/aromatic N) is 10. The number of aryl methyl sites for hydroxylation is 1. The van der Waals surface area contributed by atoms with Gasteiger partial charge in [0.1, 0.15) is 17.1 Å². The number of nitrogens with one attached hydrogen (secondary N) is 2. The highest BCUT2D eigenvalue weighted by atomic mass is 16.3. The quantitative estimate of drug-likeness (QED) is 0.0735. The van der Waals surface area contributed by atoms with E-state index in [0.717, 1.165) is 61.6 Å². The van der Waals surface area contributed by atoms with Crippen molar-refractivity contribution in [2.24, 2.45) is 12.5 Å². The van der Waals surface area contributed by atoms with Gasteiger partial charge in [0.25, 0.3) is 23.3 Å². The maximum atomic E-state index is 14.1. The molecular weight excluding hydrogens is 989 g/mol. The van der Waals surface area contributed by atoms with Crippen LogP contribution in [0.2, 0.25) is 0 Å². The van der Waals surface area contributed by atoms with Crippen molar-refractivity contribution < 1.29 is 29.4 Å². The highest BCUT2D eigenvalue weighted by Gasteiger charge is 2.41. The second-order valence-corrected chi connectivity index (χ2v) is 22.8. The standard InChI is InChI=1S/C59H66N12O7/c1-9-51(73)63-45-26-37(62-52-57(77)65(8)32-46(64-52)41-15-18-61-53(44(41)33-72)70-23-22-69-48(56(70)76)25-36-29-58(4,5)30-49(36)69)10-13-47(45)68-21-20-66(31-35(68)3)38-16-19-67(34(2)24-38)39-11-12-42-43(27-39)55(75)71(54(42)74)40-14-17-60-50(28-40)59(6,7)78/h9-15,17-18,25-28,32,34-35,38,72,78H,1,16,19-24,29-31,33H2,2-8H3,(H,62,64)(H,63,73)/t34-,35+,38?/m1/s1. The van der Waals surface area contributed by atoms with Crippen LogP contribution in [0.25, 0.3) is 11.3 Å². The number of aliphatic hydroxyl groups excluding tert-OH is 1. The van der Waals surface area contributed by atoms with E-state index in [2.05, 4.69) is 74.1 Å². The van der Waals surface area contributed by atoms with Crippen molar-refractivity contribution in [1.29, 1.82) is 0 Å². The Balaban J connectivity index is 0.773. The van der Waals surface area contributed by atoms with Crippen LogP contribution in [0.5, 0.6) is 0 Å². The molecule has 8 heterocycles. The Morgan fingerprint density at radius 2 is 1.63 bits per heavy atom. The first-order valence-corrected chi connectivity index (χ1v) is 26.8. The van der Waals surface area contributed by atoms with Gasteiger partial charge < -0.3 is 39.8 Å². The highest BCUT2D eigenvalue weighted by Crippen LogP contribution is 2.41. The average Bonchev–Trinajstić information content (AvgIpc) is 4.23. The molecule has 2 aromatic carbocycles. The molecule has 6 aromatic rings. The first-order chi connectivity index (χ1) is 37.2. The Morgan fingerprint density at radius 3 is 2.37 bits per heavy atom. The summed E-state index contributed by atoms with van der Waals surface area (Å²) in [6.45, 7) is 19.3. The maximum absolute atomic E-state index is 14.1. The van der Waals surface area contributed by atoms with Crippen molar-refractivity contribution in [3.8, 4) is 11.3 Å². The molecule has 4 N–H and O–H groups in total. The molecular formula is C59H66N12O7. The summed E-state index contributed by atoms with van der Waals surface area (Å²) in [6.07, 6.45) is 9.52. The molecule has 19 heteroatoms. The first kappa shape index (κ1) is 52.1. The molecule has 404 valence electrons. The summed E-state index contributed by atoms with van der Waals surface area (Å²) in [5.74, 6) is -1.01. The molecule has 5 aliphatic rings. The summed E-state index contributed by atoms with van der Waals surface area (Å²) >= 11 is 0. The van der Waals surface area contributed by atoms with E-state index < -0.39 is 29.6 Å². The SMILES string of the molecule is C=CC(=O)Nc1cc(Nc2nc(-c3ccnc(N4CCn5c(cc6c5CC(C)(C)C6)C4=O)c3CO)cn(C)c2=O)ccc1N1CCN(C2CCN(c3ccc4c(c3)C(=O)N(c3ccnc(C(C)(C)O)c3)C4=O)[C@H](C)C2)C[C@@H]1C. The fraction of sp³-hybridized carbons (Fsp3) is 0.390. The predicted molar refractivity (Wildman–Crippen MR) is 300 cm³/mol. The average molecular weight is 1060 g/mol. The zero-order chi connectivity index (χ0) is 55.1. The lowest BCUT2D eigenvalue weighted by atomic mass is 9.90. The van der Waals surface area contributed by atoms with Gasteiger partial charge in [-0.15, -0.1) is 0 Å². The fourth-order valence-corrected chi connectivity index (χ4v) is 12.4. The van der Waals surface area contributed by atoms with Crippen molar-refractivity contribution in [3.05, 3.63) is 142 Å². The van der Waals surface area contributed by atoms with E-state index in [1.165, 1.54) is 28.1 Å². The lowest BCUT2D eigenvalue weighted by molar-refractivity contribution is -0.111. The lowest BCUT2D eigenvalue weighted by Gasteiger charge is -2.48. The number of carbonyl (C=O) groups excluding carboxylic acids is 4. The Hall–Kier alpha value is -8.00. The number of aliphatic hydroxyl groups is 2. The number of pyridine rings is 2. The molecule has 4 aliphatic heterocycles. The van der Waals surface area contributed by atoms with Crippen LogP contribution in [0.1, 0.15) is 108 Å². The summed E-state index contributed by atoms with van der Waals surface area (Å²) in [5, 5.41) is 27.6.